The van der Waals surface area contributed by atoms with Crippen molar-refractivity contribution in [2.45, 2.75) is 58.5 Å². The molecule has 5 rings (SSSR count). The molecular formula is C23H25N3O2S. The van der Waals surface area contributed by atoms with Crippen molar-refractivity contribution in [2.24, 2.45) is 5.92 Å². The lowest BCUT2D eigenvalue weighted by molar-refractivity contribution is -0.119. The first-order valence-corrected chi connectivity index (χ1v) is 11.2. The van der Waals surface area contributed by atoms with Gasteiger partial charge in [-0.15, -0.1) is 11.3 Å². The van der Waals surface area contributed by atoms with Gasteiger partial charge in [0.2, 0.25) is 5.91 Å². The first-order valence-electron chi connectivity index (χ1n) is 10.4. The predicted octanol–water partition coefficient (Wildman–Crippen LogP) is 3.95. The summed E-state index contributed by atoms with van der Waals surface area (Å²) in [6, 6.07) is 8.19. The third-order valence-corrected chi connectivity index (χ3v) is 7.54. The van der Waals surface area contributed by atoms with Crippen LogP contribution in [0.15, 0.2) is 35.4 Å². The molecule has 6 heteroatoms. The molecule has 1 aliphatic heterocycles. The normalized spacial score (nSPS) is 21.1. The van der Waals surface area contributed by atoms with Gasteiger partial charge < -0.3 is 4.90 Å². The lowest BCUT2D eigenvalue weighted by Gasteiger charge is -2.35. The highest BCUT2D eigenvalue weighted by Gasteiger charge is 2.29. The molecule has 29 heavy (non-hydrogen) atoms. The number of nitrogens with zero attached hydrogens (tertiary/aromatic N) is 3. The van der Waals surface area contributed by atoms with Gasteiger partial charge in [-0.05, 0) is 62.1 Å². The van der Waals surface area contributed by atoms with Gasteiger partial charge in [0.05, 0.1) is 11.7 Å². The number of aryl methyl sites for hydroxylation is 2. The summed E-state index contributed by atoms with van der Waals surface area (Å²) in [7, 11) is 0. The van der Waals surface area contributed by atoms with Crippen LogP contribution in [0, 0.1) is 5.92 Å². The van der Waals surface area contributed by atoms with Crippen LogP contribution in [-0.4, -0.2) is 21.5 Å². The Kier molecular flexibility index (Phi) is 4.54. The fourth-order valence-electron chi connectivity index (χ4n) is 4.77. The maximum atomic E-state index is 13.2. The molecule has 0 N–H and O–H groups in total. The minimum atomic E-state index is -0.0756. The number of carbonyl (C=O) groups is 1. The Morgan fingerprint density at radius 2 is 2.03 bits per heavy atom. The summed E-state index contributed by atoms with van der Waals surface area (Å²) in [6.07, 6.45) is 6.53. The molecule has 2 unspecified atom stereocenters. The molecule has 3 heterocycles. The van der Waals surface area contributed by atoms with Crippen molar-refractivity contribution in [2.75, 3.05) is 4.90 Å². The van der Waals surface area contributed by atoms with Gasteiger partial charge in [-0.3, -0.25) is 14.2 Å². The molecule has 5 nitrogen and oxygen atoms in total. The number of aromatic nitrogens is 2. The molecule has 2 aliphatic rings. The molecule has 0 saturated heterocycles. The molecule has 2 atom stereocenters. The molecule has 1 amide bonds. The number of amides is 1. The number of carbonyl (C=O) groups excluding carboxylic acids is 1. The fourth-order valence-corrected chi connectivity index (χ4v) is 6.11. The highest BCUT2D eigenvalue weighted by Crippen LogP contribution is 2.35. The van der Waals surface area contributed by atoms with E-state index in [0.717, 1.165) is 48.0 Å². The quantitative estimate of drug-likeness (QED) is 0.646. The van der Waals surface area contributed by atoms with Crippen molar-refractivity contribution in [3.63, 3.8) is 0 Å². The summed E-state index contributed by atoms with van der Waals surface area (Å²) in [5, 5.41) is 0.735. The summed E-state index contributed by atoms with van der Waals surface area (Å²) in [6.45, 7) is 4.37. The Hall–Kier alpha value is -2.47. The van der Waals surface area contributed by atoms with Gasteiger partial charge in [0.1, 0.15) is 11.4 Å². The molecule has 150 valence electrons. The fraction of sp³-hybridized carbons (Fsp3) is 0.435. The van der Waals surface area contributed by atoms with Crippen molar-refractivity contribution in [3.8, 4) is 0 Å². The first kappa shape index (κ1) is 18.6. The van der Waals surface area contributed by atoms with E-state index >= 15 is 0 Å². The van der Waals surface area contributed by atoms with Crippen molar-refractivity contribution in [3.05, 3.63) is 57.0 Å². The molecule has 0 fully saturated rings. The van der Waals surface area contributed by atoms with E-state index in [4.69, 9.17) is 0 Å². The molecule has 0 spiro atoms. The van der Waals surface area contributed by atoms with Crippen LogP contribution in [0.3, 0.4) is 0 Å². The van der Waals surface area contributed by atoms with Gasteiger partial charge in [0.25, 0.3) is 5.56 Å². The van der Waals surface area contributed by atoms with E-state index in [0.29, 0.717) is 5.92 Å². The van der Waals surface area contributed by atoms with Gasteiger partial charge >= 0.3 is 0 Å². The van der Waals surface area contributed by atoms with Gasteiger partial charge in [-0.2, -0.15) is 0 Å². The molecule has 0 radical (unpaired) electrons. The third-order valence-electron chi connectivity index (χ3n) is 6.38. The Morgan fingerprint density at radius 3 is 2.90 bits per heavy atom. The van der Waals surface area contributed by atoms with Crippen LogP contribution in [-0.2, 0) is 30.6 Å². The molecule has 2 aromatic heterocycles. The zero-order valence-electron chi connectivity index (χ0n) is 16.9. The van der Waals surface area contributed by atoms with E-state index in [9.17, 15) is 9.59 Å². The maximum Gasteiger partial charge on any atom is 0.262 e. The highest BCUT2D eigenvalue weighted by molar-refractivity contribution is 7.18. The van der Waals surface area contributed by atoms with Crippen LogP contribution in [0.25, 0.3) is 10.2 Å². The average molecular weight is 408 g/mol. The minimum Gasteiger partial charge on any atom is -0.308 e. The van der Waals surface area contributed by atoms with Crippen LogP contribution in [0.5, 0.6) is 0 Å². The minimum absolute atomic E-state index is 0.0292. The van der Waals surface area contributed by atoms with Crippen LogP contribution in [0.1, 0.15) is 42.7 Å². The molecule has 0 saturated carbocycles. The van der Waals surface area contributed by atoms with E-state index in [1.54, 1.807) is 17.7 Å². The van der Waals surface area contributed by atoms with Gasteiger partial charge in [-0.25, -0.2) is 4.98 Å². The van der Waals surface area contributed by atoms with Crippen molar-refractivity contribution in [1.29, 1.82) is 0 Å². The number of anilines is 1. The highest BCUT2D eigenvalue weighted by atomic mass is 32.1. The number of hydrogen-bond donors (Lipinski definition) is 0. The van der Waals surface area contributed by atoms with E-state index in [-0.39, 0.29) is 24.1 Å². The molecular weight excluding hydrogens is 382 g/mol. The second-order valence-electron chi connectivity index (χ2n) is 8.49. The zero-order chi connectivity index (χ0) is 20.1. The maximum absolute atomic E-state index is 13.2. The van der Waals surface area contributed by atoms with Gasteiger partial charge in [-0.1, -0.05) is 25.1 Å². The smallest absolute Gasteiger partial charge is 0.262 e. The molecule has 3 aromatic rings. The largest absolute Gasteiger partial charge is 0.308 e. The second-order valence-corrected chi connectivity index (χ2v) is 9.57. The standard InChI is InChI=1S/C23H25N3O2S/c1-14-7-10-17-19(11-14)29-22-21(17)23(28)25(13-24-22)12-20(27)26-15(2)8-9-16-5-3-4-6-18(16)26/h3-6,13-15H,7-12H2,1-2H3. The molecule has 1 aromatic carbocycles. The molecule has 0 bridgehead atoms. The van der Waals surface area contributed by atoms with Gasteiger partial charge in [0.15, 0.2) is 0 Å². The molecule has 1 aliphatic carbocycles. The summed E-state index contributed by atoms with van der Waals surface area (Å²) in [5.74, 6) is 0.602. The summed E-state index contributed by atoms with van der Waals surface area (Å²) < 4.78 is 1.50. The van der Waals surface area contributed by atoms with E-state index in [2.05, 4.69) is 24.9 Å². The van der Waals surface area contributed by atoms with Crippen molar-refractivity contribution < 1.29 is 4.79 Å². The van der Waals surface area contributed by atoms with E-state index < -0.39 is 0 Å². The number of benzene rings is 1. The summed E-state index contributed by atoms with van der Waals surface area (Å²) >= 11 is 1.64. The first-order chi connectivity index (χ1) is 14.0. The predicted molar refractivity (Wildman–Crippen MR) is 117 cm³/mol. The number of para-hydroxylation sites is 1. The van der Waals surface area contributed by atoms with Crippen LogP contribution in [0.2, 0.25) is 0 Å². The number of hydrogen-bond acceptors (Lipinski definition) is 4. The Balaban J connectivity index is 1.50. The van der Waals surface area contributed by atoms with Crippen LogP contribution >= 0.6 is 11.3 Å². The lowest BCUT2D eigenvalue weighted by atomic mass is 9.89. The van der Waals surface area contributed by atoms with E-state index in [1.165, 1.54) is 20.6 Å². The summed E-state index contributed by atoms with van der Waals surface area (Å²) in [5.41, 5.74) is 3.26. The summed E-state index contributed by atoms with van der Waals surface area (Å²) in [4.78, 5) is 35.0. The van der Waals surface area contributed by atoms with Gasteiger partial charge in [0, 0.05) is 16.6 Å². The number of thiophene rings is 1. The van der Waals surface area contributed by atoms with Crippen LogP contribution in [0.4, 0.5) is 5.69 Å². The monoisotopic (exact) mass is 407 g/mol. The van der Waals surface area contributed by atoms with E-state index in [1.807, 2.05) is 23.1 Å². The third kappa shape index (κ3) is 3.10. The van der Waals surface area contributed by atoms with Crippen molar-refractivity contribution in [1.82, 2.24) is 9.55 Å². The Morgan fingerprint density at radius 1 is 1.21 bits per heavy atom. The lowest BCUT2D eigenvalue weighted by Crippen LogP contribution is -2.44. The number of rotatable bonds is 2. The second kappa shape index (κ2) is 7.10. The SMILES string of the molecule is CC1CCc2c(sc3ncn(CC(=O)N4c5ccccc5CCC4C)c(=O)c23)C1. The Labute approximate surface area is 174 Å². The zero-order valence-corrected chi connectivity index (χ0v) is 17.7. The average Bonchev–Trinajstić information content (AvgIpc) is 3.08. The Bertz CT molecular complexity index is 1160. The topological polar surface area (TPSA) is 55.2 Å². The van der Waals surface area contributed by atoms with Crippen LogP contribution < -0.4 is 10.5 Å². The number of fused-ring (bicyclic) bond motifs is 4. The van der Waals surface area contributed by atoms with Crippen molar-refractivity contribution >= 4 is 33.1 Å².